The zero-order chi connectivity index (χ0) is 21.5. The van der Waals surface area contributed by atoms with Gasteiger partial charge in [0.25, 0.3) is 0 Å². The quantitative estimate of drug-likeness (QED) is 0.550. The first kappa shape index (κ1) is 20.2. The second-order valence-corrected chi connectivity index (χ2v) is 8.36. The van der Waals surface area contributed by atoms with E-state index in [0.29, 0.717) is 5.75 Å². The number of nitrogens with one attached hydrogen (secondary N) is 1. The van der Waals surface area contributed by atoms with E-state index in [0.717, 1.165) is 39.1 Å². The molecule has 154 valence electrons. The third-order valence-corrected chi connectivity index (χ3v) is 5.60. The summed E-state index contributed by atoms with van der Waals surface area (Å²) < 4.78 is 19.4. The minimum atomic E-state index is -0.350. The topological polar surface area (TPSA) is 47.3 Å². The van der Waals surface area contributed by atoms with Gasteiger partial charge in [-0.3, -0.25) is 0 Å². The van der Waals surface area contributed by atoms with Gasteiger partial charge in [-0.1, -0.05) is 42.5 Å². The molecule has 0 saturated heterocycles. The van der Waals surface area contributed by atoms with Gasteiger partial charge in [0, 0.05) is 22.9 Å². The van der Waals surface area contributed by atoms with Crippen molar-refractivity contribution in [3.05, 3.63) is 89.2 Å². The van der Waals surface area contributed by atoms with Gasteiger partial charge in [-0.15, -0.1) is 0 Å². The minimum absolute atomic E-state index is 0.153. The highest BCUT2D eigenvalue weighted by atomic mass is 19.1. The molecule has 3 aromatic rings. The lowest BCUT2D eigenvalue weighted by Crippen LogP contribution is -2.32. The van der Waals surface area contributed by atoms with Gasteiger partial charge in [0.2, 0.25) is 0 Å². The number of benzene rings is 3. The summed E-state index contributed by atoms with van der Waals surface area (Å²) in [4.78, 5) is 0. The molecule has 1 unspecified atom stereocenters. The maximum Gasteiger partial charge on any atom is 0.129 e. The van der Waals surface area contributed by atoms with Crippen LogP contribution in [0.25, 0.3) is 16.7 Å². The Labute approximate surface area is 177 Å². The van der Waals surface area contributed by atoms with Crippen LogP contribution in [0.2, 0.25) is 0 Å². The molecule has 1 atom stereocenters. The number of methoxy groups -OCH3 is 1. The lowest BCUT2D eigenvalue weighted by molar-refractivity contribution is 0.413. The lowest BCUT2D eigenvalue weighted by Gasteiger charge is -2.34. The van der Waals surface area contributed by atoms with Gasteiger partial charge in [0.05, 0.1) is 18.7 Å². The molecule has 0 amide bonds. The van der Waals surface area contributed by atoms with Crippen molar-refractivity contribution in [2.75, 3.05) is 12.4 Å². The number of anilines is 1. The van der Waals surface area contributed by atoms with Crippen LogP contribution >= 0.6 is 0 Å². The van der Waals surface area contributed by atoms with E-state index < -0.39 is 0 Å². The number of hydrogen-bond donors (Lipinski definition) is 2. The molecule has 4 heteroatoms. The number of allylic oxidation sites excluding steroid dienone is 1. The zero-order valence-electron chi connectivity index (χ0n) is 17.8. The minimum Gasteiger partial charge on any atom is -0.496 e. The molecule has 0 saturated carbocycles. The van der Waals surface area contributed by atoms with Gasteiger partial charge < -0.3 is 15.8 Å². The smallest absolute Gasteiger partial charge is 0.129 e. The van der Waals surface area contributed by atoms with Gasteiger partial charge in [-0.2, -0.15) is 0 Å². The molecule has 4 rings (SSSR count). The van der Waals surface area contributed by atoms with E-state index >= 15 is 0 Å². The molecule has 0 aliphatic carbocycles. The SMILES string of the molecule is COc1cc(F)ccc1-c1ccc2c(c1C(N)c1ccccc1)C(C)=CC(C)(C)N2. The van der Waals surface area contributed by atoms with Crippen LogP contribution in [0.3, 0.4) is 0 Å². The Morgan fingerprint density at radius 1 is 1.00 bits per heavy atom. The second kappa shape index (κ2) is 7.62. The van der Waals surface area contributed by atoms with E-state index in [1.165, 1.54) is 12.1 Å². The first-order valence-electron chi connectivity index (χ1n) is 10.1. The summed E-state index contributed by atoms with van der Waals surface area (Å²) in [6.45, 7) is 6.41. The van der Waals surface area contributed by atoms with Gasteiger partial charge in [-0.25, -0.2) is 4.39 Å². The van der Waals surface area contributed by atoms with Gasteiger partial charge >= 0.3 is 0 Å². The third kappa shape index (κ3) is 3.59. The van der Waals surface area contributed by atoms with E-state index in [9.17, 15) is 4.39 Å². The molecule has 3 nitrogen and oxygen atoms in total. The highest BCUT2D eigenvalue weighted by Gasteiger charge is 2.29. The number of rotatable bonds is 4. The number of hydrogen-bond acceptors (Lipinski definition) is 3. The zero-order valence-corrected chi connectivity index (χ0v) is 17.8. The molecule has 1 aliphatic heterocycles. The number of nitrogens with two attached hydrogens (primary N) is 1. The maximum absolute atomic E-state index is 13.9. The highest BCUT2D eigenvalue weighted by molar-refractivity contribution is 5.89. The molecule has 3 aromatic carbocycles. The van der Waals surface area contributed by atoms with Crippen LogP contribution in [-0.4, -0.2) is 12.6 Å². The average Bonchev–Trinajstić information content (AvgIpc) is 2.72. The second-order valence-electron chi connectivity index (χ2n) is 8.36. The van der Waals surface area contributed by atoms with Crippen LogP contribution in [0.15, 0.2) is 66.7 Å². The Balaban J connectivity index is 2.02. The first-order chi connectivity index (χ1) is 14.3. The van der Waals surface area contributed by atoms with Crippen molar-refractivity contribution < 1.29 is 9.13 Å². The number of halogens is 1. The van der Waals surface area contributed by atoms with Crippen LogP contribution in [0, 0.1) is 5.82 Å². The maximum atomic E-state index is 13.9. The summed E-state index contributed by atoms with van der Waals surface area (Å²) >= 11 is 0. The molecule has 1 aliphatic rings. The molecular weight excluding hydrogens is 375 g/mol. The Morgan fingerprint density at radius 2 is 1.70 bits per heavy atom. The fraction of sp³-hybridized carbons (Fsp3) is 0.231. The Kier molecular flexibility index (Phi) is 5.12. The van der Waals surface area contributed by atoms with Crippen LogP contribution < -0.4 is 15.8 Å². The standard InChI is InChI=1S/C26H27FN2O/c1-16-15-26(2,3)29-21-13-12-20(19-11-10-18(27)14-22(19)30-4)24(23(16)21)25(28)17-8-6-5-7-9-17/h5-15,25,29H,28H2,1-4H3. The average molecular weight is 403 g/mol. The van der Waals surface area contributed by atoms with Crippen molar-refractivity contribution in [3.8, 4) is 16.9 Å². The van der Waals surface area contributed by atoms with E-state index in [2.05, 4.69) is 44.3 Å². The normalized spacial score (nSPS) is 15.6. The molecule has 0 bridgehead atoms. The van der Waals surface area contributed by atoms with Crippen LogP contribution in [0.5, 0.6) is 5.75 Å². The van der Waals surface area contributed by atoms with E-state index in [4.69, 9.17) is 10.5 Å². The number of ether oxygens (including phenoxy) is 1. The molecule has 0 fully saturated rings. The monoisotopic (exact) mass is 402 g/mol. The molecule has 0 radical (unpaired) electrons. The molecule has 1 heterocycles. The Morgan fingerprint density at radius 3 is 2.40 bits per heavy atom. The summed E-state index contributed by atoms with van der Waals surface area (Å²) in [5.41, 5.74) is 13.8. The number of fused-ring (bicyclic) bond motifs is 1. The van der Waals surface area contributed by atoms with Crippen molar-refractivity contribution in [2.24, 2.45) is 5.73 Å². The van der Waals surface area contributed by atoms with Gasteiger partial charge in [0.15, 0.2) is 0 Å². The molecular formula is C26H27FN2O. The van der Waals surface area contributed by atoms with E-state index in [1.54, 1.807) is 13.2 Å². The van der Waals surface area contributed by atoms with E-state index in [1.807, 2.05) is 30.3 Å². The van der Waals surface area contributed by atoms with Crippen molar-refractivity contribution >= 4 is 11.3 Å². The van der Waals surface area contributed by atoms with Crippen molar-refractivity contribution in [2.45, 2.75) is 32.4 Å². The van der Waals surface area contributed by atoms with E-state index in [-0.39, 0.29) is 17.4 Å². The summed E-state index contributed by atoms with van der Waals surface area (Å²) in [6, 6.07) is 18.4. The third-order valence-electron chi connectivity index (χ3n) is 5.60. The van der Waals surface area contributed by atoms with Crippen molar-refractivity contribution in [1.29, 1.82) is 0 Å². The lowest BCUT2D eigenvalue weighted by atomic mass is 9.81. The first-order valence-corrected chi connectivity index (χ1v) is 10.1. The van der Waals surface area contributed by atoms with Crippen LogP contribution in [-0.2, 0) is 0 Å². The molecule has 30 heavy (non-hydrogen) atoms. The van der Waals surface area contributed by atoms with Gasteiger partial charge in [-0.05, 0) is 61.2 Å². The summed E-state index contributed by atoms with van der Waals surface area (Å²) in [6.07, 6.45) is 2.22. The Hall–Kier alpha value is -3.11. The molecule has 0 spiro atoms. The fourth-order valence-electron chi connectivity index (χ4n) is 4.42. The fourth-order valence-corrected chi connectivity index (χ4v) is 4.42. The predicted molar refractivity (Wildman–Crippen MR) is 122 cm³/mol. The molecule has 0 aromatic heterocycles. The molecule has 3 N–H and O–H groups in total. The summed E-state index contributed by atoms with van der Waals surface area (Å²) in [5, 5.41) is 3.61. The predicted octanol–water partition coefficient (Wildman–Crippen LogP) is 6.16. The van der Waals surface area contributed by atoms with Crippen LogP contribution in [0.4, 0.5) is 10.1 Å². The van der Waals surface area contributed by atoms with Gasteiger partial charge in [0.1, 0.15) is 11.6 Å². The van der Waals surface area contributed by atoms with Crippen LogP contribution in [0.1, 0.15) is 43.5 Å². The summed E-state index contributed by atoms with van der Waals surface area (Å²) in [5.74, 6) is 0.157. The highest BCUT2D eigenvalue weighted by Crippen LogP contribution is 2.45. The van der Waals surface area contributed by atoms with Crippen molar-refractivity contribution in [1.82, 2.24) is 0 Å². The largest absolute Gasteiger partial charge is 0.496 e. The Bertz CT molecular complexity index is 1120. The van der Waals surface area contributed by atoms with Crippen molar-refractivity contribution in [3.63, 3.8) is 0 Å². The summed E-state index contributed by atoms with van der Waals surface area (Å²) in [7, 11) is 1.56.